The molecule has 3 fully saturated rings. The average molecular weight is 489 g/mol. The Morgan fingerprint density at radius 2 is 1.81 bits per heavy atom. The molecule has 2 aromatic rings. The number of likely N-dealkylation sites (tertiary alicyclic amines) is 1. The molecule has 192 valence electrons. The van der Waals surface area contributed by atoms with Crippen LogP contribution in [0.15, 0.2) is 61.2 Å². The van der Waals surface area contributed by atoms with Crippen LogP contribution < -0.4 is 10.2 Å². The highest BCUT2D eigenvalue weighted by Crippen LogP contribution is 2.37. The van der Waals surface area contributed by atoms with Gasteiger partial charge in [0.25, 0.3) is 5.91 Å². The van der Waals surface area contributed by atoms with E-state index in [9.17, 15) is 4.79 Å². The van der Waals surface area contributed by atoms with Crippen LogP contribution in [-0.4, -0.2) is 72.6 Å². The van der Waals surface area contributed by atoms with E-state index in [0.717, 1.165) is 51.3 Å². The van der Waals surface area contributed by atoms with E-state index in [-0.39, 0.29) is 11.9 Å². The number of benzene rings is 2. The zero-order valence-electron chi connectivity index (χ0n) is 21.6. The Hall–Kier alpha value is -2.67. The summed E-state index contributed by atoms with van der Waals surface area (Å²) < 4.78 is 5.58. The van der Waals surface area contributed by atoms with Crippen LogP contribution in [0, 0.1) is 0 Å². The number of carbonyl (C=O) groups is 1. The zero-order valence-corrected chi connectivity index (χ0v) is 21.6. The van der Waals surface area contributed by atoms with Gasteiger partial charge in [0.05, 0.1) is 13.2 Å². The molecule has 3 unspecified atom stereocenters. The quantitative estimate of drug-likeness (QED) is 0.549. The molecule has 6 heteroatoms. The maximum Gasteiger partial charge on any atom is 0.265 e. The van der Waals surface area contributed by atoms with Gasteiger partial charge in [0.15, 0.2) is 0 Å². The van der Waals surface area contributed by atoms with Crippen molar-refractivity contribution in [3.05, 3.63) is 77.9 Å². The van der Waals surface area contributed by atoms with Crippen LogP contribution in [0.2, 0.25) is 0 Å². The lowest BCUT2D eigenvalue weighted by Crippen LogP contribution is -2.45. The first kappa shape index (κ1) is 25.0. The highest BCUT2D eigenvalue weighted by atomic mass is 16.5. The molecule has 36 heavy (non-hydrogen) atoms. The van der Waals surface area contributed by atoms with Crippen LogP contribution >= 0.6 is 0 Å². The van der Waals surface area contributed by atoms with Crippen LogP contribution in [0.3, 0.4) is 0 Å². The number of ether oxygens (including phenoxy) is 1. The number of hydrogen-bond acceptors (Lipinski definition) is 5. The van der Waals surface area contributed by atoms with Gasteiger partial charge in [-0.25, -0.2) is 5.01 Å². The van der Waals surface area contributed by atoms with E-state index in [2.05, 4.69) is 57.1 Å². The molecule has 2 aromatic carbocycles. The van der Waals surface area contributed by atoms with Crippen molar-refractivity contribution >= 4 is 5.91 Å². The van der Waals surface area contributed by atoms with Gasteiger partial charge >= 0.3 is 0 Å². The number of piperidine rings is 1. The molecule has 0 aromatic heterocycles. The lowest BCUT2D eigenvalue weighted by atomic mass is 9.94. The van der Waals surface area contributed by atoms with Crippen LogP contribution in [0.4, 0.5) is 0 Å². The van der Waals surface area contributed by atoms with Gasteiger partial charge in [-0.1, -0.05) is 36.8 Å². The van der Waals surface area contributed by atoms with Crippen molar-refractivity contribution in [3.63, 3.8) is 0 Å². The molecule has 2 bridgehead atoms. The van der Waals surface area contributed by atoms with Crippen molar-refractivity contribution in [1.82, 2.24) is 20.2 Å². The number of rotatable bonds is 8. The topological polar surface area (TPSA) is 48.0 Å². The predicted molar refractivity (Wildman–Crippen MR) is 144 cm³/mol. The number of carbonyl (C=O) groups excluding carboxylic acids is 1. The summed E-state index contributed by atoms with van der Waals surface area (Å²) in [5, 5.41) is 2.06. The van der Waals surface area contributed by atoms with Crippen LogP contribution in [0.1, 0.15) is 66.1 Å². The van der Waals surface area contributed by atoms with Crippen LogP contribution in [-0.2, 0) is 0 Å². The van der Waals surface area contributed by atoms with E-state index in [1.165, 1.54) is 36.8 Å². The summed E-state index contributed by atoms with van der Waals surface area (Å²) in [7, 11) is 1.72. The molecule has 3 atom stereocenters. The summed E-state index contributed by atoms with van der Waals surface area (Å²) >= 11 is 0. The Morgan fingerprint density at radius 1 is 1.03 bits per heavy atom. The zero-order chi connectivity index (χ0) is 24.9. The molecule has 3 aliphatic heterocycles. The largest absolute Gasteiger partial charge is 0.497 e. The lowest BCUT2D eigenvalue weighted by molar-refractivity contribution is 0.0750. The highest BCUT2D eigenvalue weighted by Gasteiger charge is 2.38. The van der Waals surface area contributed by atoms with E-state index in [0.29, 0.717) is 17.6 Å². The van der Waals surface area contributed by atoms with Crippen molar-refractivity contribution in [1.29, 1.82) is 0 Å². The van der Waals surface area contributed by atoms with E-state index in [1.54, 1.807) is 7.11 Å². The number of nitrogens with one attached hydrogen (secondary N) is 1. The van der Waals surface area contributed by atoms with Gasteiger partial charge in [0.1, 0.15) is 5.75 Å². The third-order valence-corrected chi connectivity index (χ3v) is 8.18. The first-order valence-corrected chi connectivity index (χ1v) is 13.6. The second-order valence-corrected chi connectivity index (χ2v) is 10.4. The number of methoxy groups -OCH3 is 1. The summed E-state index contributed by atoms with van der Waals surface area (Å²) in [6.45, 7) is 8.92. The average Bonchev–Trinajstić information content (AvgIpc) is 3.19. The predicted octanol–water partition coefficient (Wildman–Crippen LogP) is 4.64. The monoisotopic (exact) mass is 488 g/mol. The first-order valence-electron chi connectivity index (χ1n) is 13.6. The Kier molecular flexibility index (Phi) is 8.05. The molecule has 3 aliphatic rings. The molecule has 1 amide bonds. The minimum absolute atomic E-state index is 0.0199. The van der Waals surface area contributed by atoms with Gasteiger partial charge in [0.2, 0.25) is 0 Å². The molecule has 5 rings (SSSR count). The second-order valence-electron chi connectivity index (χ2n) is 10.4. The Labute approximate surface area is 215 Å². The molecule has 0 radical (unpaired) electrons. The normalized spacial score (nSPS) is 24.1. The summed E-state index contributed by atoms with van der Waals surface area (Å²) in [5.74, 6) is 0.855. The van der Waals surface area contributed by atoms with Gasteiger partial charge in [0, 0.05) is 50.4 Å². The van der Waals surface area contributed by atoms with Crippen molar-refractivity contribution in [2.45, 2.75) is 56.7 Å². The molecule has 0 saturated carbocycles. The van der Waals surface area contributed by atoms with Gasteiger partial charge in [-0.3, -0.25) is 20.0 Å². The molecule has 3 heterocycles. The van der Waals surface area contributed by atoms with Crippen LogP contribution in [0.25, 0.3) is 0 Å². The molecule has 6 nitrogen and oxygen atoms in total. The number of hydrazine groups is 1. The van der Waals surface area contributed by atoms with Crippen LogP contribution in [0.5, 0.6) is 5.75 Å². The van der Waals surface area contributed by atoms with E-state index in [4.69, 9.17) is 4.74 Å². The van der Waals surface area contributed by atoms with Gasteiger partial charge in [-0.2, -0.15) is 0 Å². The minimum atomic E-state index is -0.0199. The van der Waals surface area contributed by atoms with E-state index < -0.39 is 0 Å². The summed E-state index contributed by atoms with van der Waals surface area (Å²) in [6, 6.07) is 18.0. The summed E-state index contributed by atoms with van der Waals surface area (Å²) in [4.78, 5) is 18.2. The van der Waals surface area contributed by atoms with E-state index in [1.807, 2.05) is 24.3 Å². The molecule has 0 spiro atoms. The lowest BCUT2D eigenvalue weighted by Gasteiger charge is -2.34. The van der Waals surface area contributed by atoms with Crippen molar-refractivity contribution < 1.29 is 9.53 Å². The van der Waals surface area contributed by atoms with Gasteiger partial charge in [-0.15, -0.1) is 6.58 Å². The molecule has 3 saturated heterocycles. The van der Waals surface area contributed by atoms with Gasteiger partial charge in [-0.05, 0) is 67.5 Å². The van der Waals surface area contributed by atoms with Crippen molar-refractivity contribution in [2.75, 3.05) is 39.8 Å². The van der Waals surface area contributed by atoms with Gasteiger partial charge < -0.3 is 4.74 Å². The Balaban J connectivity index is 1.40. The summed E-state index contributed by atoms with van der Waals surface area (Å²) in [6.07, 6.45) is 9.28. The molecule has 0 aliphatic carbocycles. The smallest absolute Gasteiger partial charge is 0.265 e. The molecular weight excluding hydrogens is 448 g/mol. The maximum atomic E-state index is 12.9. The minimum Gasteiger partial charge on any atom is -0.497 e. The number of amides is 1. The number of nitrogens with zero attached hydrogens (tertiary/aromatic N) is 3. The maximum absolute atomic E-state index is 12.9. The second kappa shape index (κ2) is 11.6. The highest BCUT2D eigenvalue weighted by molar-refractivity contribution is 5.93. The molecular formula is C30H40N4O2. The first-order chi connectivity index (χ1) is 17.7. The SMILES string of the molecule is C=CCN1C2CCC1CN(C(c1ccc(C(=O)NN3CCCCC3)cc1)c1cccc(OC)c1)CC2. The number of fused-ring (bicyclic) bond motifs is 2. The number of hydrogen-bond donors (Lipinski definition) is 1. The third-order valence-electron chi connectivity index (χ3n) is 8.18. The third kappa shape index (κ3) is 5.51. The van der Waals surface area contributed by atoms with E-state index >= 15 is 0 Å². The standard InChI is InChI=1S/C30H40N4O2/c1-3-17-34-26-14-15-27(34)22-32(20-16-26)29(25-8-7-9-28(21-25)36-2)23-10-12-24(13-11-23)30(35)31-33-18-5-4-6-19-33/h3,7-13,21,26-27,29H,1,4-6,14-20,22H2,2H3,(H,31,35). The fourth-order valence-electron chi connectivity index (χ4n) is 6.34. The fraction of sp³-hybridized carbons (Fsp3) is 0.500. The van der Waals surface area contributed by atoms with Crippen molar-refractivity contribution in [2.24, 2.45) is 0 Å². The summed E-state index contributed by atoms with van der Waals surface area (Å²) in [5.41, 5.74) is 6.24. The Morgan fingerprint density at radius 3 is 2.56 bits per heavy atom. The molecule has 1 N–H and O–H groups in total. The van der Waals surface area contributed by atoms with Crippen molar-refractivity contribution in [3.8, 4) is 5.75 Å². The Bertz CT molecular complexity index is 1030. The fourth-order valence-corrected chi connectivity index (χ4v) is 6.34.